The molecule has 20 heteroatoms. The van der Waals surface area contributed by atoms with Crippen LogP contribution < -0.4 is 21.3 Å². The van der Waals surface area contributed by atoms with Crippen molar-refractivity contribution >= 4 is 90.7 Å². The molecule has 296 valence electrons. The van der Waals surface area contributed by atoms with E-state index in [1.165, 1.54) is 28.4 Å². The van der Waals surface area contributed by atoms with Gasteiger partial charge in [-0.25, -0.2) is 19.2 Å². The molecule has 0 aromatic heterocycles. The molecule has 4 amide bonds. The molecule has 1 saturated heterocycles. The highest BCUT2D eigenvalue weighted by Crippen LogP contribution is 2.49. The van der Waals surface area contributed by atoms with Crippen LogP contribution in [0.25, 0.3) is 0 Å². The molecule has 1 aliphatic heterocycles. The summed E-state index contributed by atoms with van der Waals surface area (Å²) in [7, 11) is 9.38. The molecule has 0 radical (unpaired) electrons. The van der Waals surface area contributed by atoms with E-state index in [9.17, 15) is 38.4 Å². The van der Waals surface area contributed by atoms with Gasteiger partial charge >= 0.3 is 23.9 Å². The van der Waals surface area contributed by atoms with Crippen LogP contribution in [-0.2, 0) is 57.3 Å². The highest BCUT2D eigenvalue weighted by atomic mass is 33.1. The lowest BCUT2D eigenvalue weighted by Gasteiger charge is -2.29. The normalized spacial score (nSPS) is 35.9. The van der Waals surface area contributed by atoms with Gasteiger partial charge in [-0.2, -0.15) is 0 Å². The van der Waals surface area contributed by atoms with Gasteiger partial charge in [-0.15, -0.1) is 0 Å². The third-order valence-corrected chi connectivity index (χ3v) is 15.3. The molecule has 54 heavy (non-hydrogen) atoms. The fourth-order valence-corrected chi connectivity index (χ4v) is 12.4. The molecular formula is C34H44N4O12S4. The second-order valence-corrected chi connectivity index (χ2v) is 18.6. The molecule has 16 nitrogen and oxygen atoms in total. The SMILES string of the molecule is COC(=O)[C@@H]1CSSC[C@@H](C(=O)OC)NC(=O)[C@@H]2[C@@H](C(=O)N[C@H](C(=O)OC)CSSC[C@@H](C(=O)OC)NC(=O)[C@@H]3[C@@H](C(=O)N1)[C@@H]1C=C[C@H]3C1)[C@@H]1C=C[C@H]2C1. The number of hydrogen-bond acceptors (Lipinski definition) is 16. The lowest BCUT2D eigenvalue weighted by atomic mass is 9.81. The van der Waals surface area contributed by atoms with Gasteiger partial charge in [0.25, 0.3) is 0 Å². The first kappa shape index (κ1) is 41.8. The highest BCUT2D eigenvalue weighted by Gasteiger charge is 2.54. The Morgan fingerprint density at radius 1 is 0.444 bits per heavy atom. The maximum atomic E-state index is 13.8. The molecule has 4 aliphatic carbocycles. The van der Waals surface area contributed by atoms with E-state index in [0.717, 1.165) is 43.2 Å². The van der Waals surface area contributed by atoms with Crippen molar-refractivity contribution in [2.24, 2.45) is 47.3 Å². The quantitative estimate of drug-likeness (QED) is 0.129. The maximum absolute atomic E-state index is 13.8. The van der Waals surface area contributed by atoms with Crippen LogP contribution in [0.15, 0.2) is 24.3 Å². The van der Waals surface area contributed by atoms with Gasteiger partial charge in [0.1, 0.15) is 24.2 Å². The number of amides is 4. The summed E-state index contributed by atoms with van der Waals surface area (Å²) in [5, 5.41) is 11.0. The van der Waals surface area contributed by atoms with Gasteiger partial charge < -0.3 is 40.2 Å². The van der Waals surface area contributed by atoms with Gasteiger partial charge in [-0.3, -0.25) is 19.2 Å². The molecule has 5 aliphatic rings. The second-order valence-electron chi connectivity index (χ2n) is 13.5. The Hall–Kier alpha value is -3.36. The Balaban J connectivity index is 1.40. The Morgan fingerprint density at radius 3 is 0.833 bits per heavy atom. The number of rotatable bonds is 4. The van der Waals surface area contributed by atoms with Crippen molar-refractivity contribution in [3.8, 4) is 0 Å². The zero-order valence-corrected chi connectivity index (χ0v) is 33.3. The van der Waals surface area contributed by atoms with E-state index < -0.39 is 95.3 Å². The van der Waals surface area contributed by atoms with E-state index in [2.05, 4.69) is 21.3 Å². The number of fused-ring (bicyclic) bond motifs is 10. The number of carbonyl (C=O) groups is 8. The lowest BCUT2D eigenvalue weighted by molar-refractivity contribution is -0.147. The van der Waals surface area contributed by atoms with Crippen molar-refractivity contribution in [1.29, 1.82) is 0 Å². The topological polar surface area (TPSA) is 222 Å². The second kappa shape index (κ2) is 19.0. The first-order chi connectivity index (χ1) is 25.9. The first-order valence-corrected chi connectivity index (χ1v) is 22.3. The monoisotopic (exact) mass is 828 g/mol. The van der Waals surface area contributed by atoms with Crippen molar-refractivity contribution in [2.75, 3.05) is 51.5 Å². The fourth-order valence-electron chi connectivity index (χ4n) is 7.85. The van der Waals surface area contributed by atoms with Gasteiger partial charge in [0, 0.05) is 23.0 Å². The number of ether oxygens (including phenoxy) is 4. The van der Waals surface area contributed by atoms with Crippen LogP contribution in [0.4, 0.5) is 0 Å². The fraction of sp³-hybridized carbons (Fsp3) is 0.647. The van der Waals surface area contributed by atoms with Crippen LogP contribution in [0, 0.1) is 47.3 Å². The van der Waals surface area contributed by atoms with Crippen molar-refractivity contribution < 1.29 is 57.3 Å². The molecule has 4 N–H and O–H groups in total. The molecule has 3 fully saturated rings. The highest BCUT2D eigenvalue weighted by molar-refractivity contribution is 8.77. The lowest BCUT2D eigenvalue weighted by Crippen LogP contribution is -2.52. The van der Waals surface area contributed by atoms with Crippen LogP contribution in [0.5, 0.6) is 0 Å². The Morgan fingerprint density at radius 2 is 0.648 bits per heavy atom. The van der Waals surface area contributed by atoms with E-state index in [1.54, 1.807) is 0 Å². The maximum Gasteiger partial charge on any atom is 0.329 e. The minimum atomic E-state index is -1.10. The number of methoxy groups -OCH3 is 4. The van der Waals surface area contributed by atoms with Crippen LogP contribution >= 0.6 is 43.2 Å². The van der Waals surface area contributed by atoms with E-state index >= 15 is 0 Å². The van der Waals surface area contributed by atoms with Crippen molar-refractivity contribution in [3.05, 3.63) is 24.3 Å². The molecule has 5 rings (SSSR count). The smallest absolute Gasteiger partial charge is 0.329 e. The molecule has 0 spiro atoms. The number of allylic oxidation sites excluding steroid dienone is 4. The molecule has 0 unspecified atom stereocenters. The standard InChI is InChI=1S/C34H44N4O12S4/c1-47-31(43)19-11-51-52-12-20(32(44)48-2)36-29(41)25-17-7-8-18(10-17)26(25)30(42)38-22(34(46)50-4)14-54-53-13-21(33(45)49-3)37-28(40)24-16-6-5-15(9-16)23(24)27(39)35-19/h5-8,15-26H,9-14H2,1-4H3,(H,35,39)(H,36,41)(H,37,40)(H,38,42)/t15-,16+,17+,18-,19-,20-,21-,22-,23-,24-,25-,26-/m0/s1. The minimum Gasteiger partial charge on any atom is -0.467 e. The number of nitrogens with one attached hydrogen (secondary N) is 4. The number of hydrogen-bond donors (Lipinski definition) is 4. The van der Waals surface area contributed by atoms with Gasteiger partial charge in [0.05, 0.1) is 52.1 Å². The largest absolute Gasteiger partial charge is 0.467 e. The third-order valence-electron chi connectivity index (χ3n) is 10.4. The first-order valence-electron chi connectivity index (χ1n) is 17.3. The summed E-state index contributed by atoms with van der Waals surface area (Å²) in [6.07, 6.45) is 8.59. The summed E-state index contributed by atoms with van der Waals surface area (Å²) in [5.74, 6) is -9.23. The van der Waals surface area contributed by atoms with Crippen molar-refractivity contribution in [2.45, 2.75) is 37.0 Å². The minimum absolute atomic E-state index is 0.0263. The van der Waals surface area contributed by atoms with Crippen molar-refractivity contribution in [3.63, 3.8) is 0 Å². The number of carbonyl (C=O) groups excluding carboxylic acids is 8. The summed E-state index contributed by atoms with van der Waals surface area (Å²) in [6, 6.07) is -4.41. The molecule has 0 aromatic carbocycles. The van der Waals surface area contributed by atoms with Crippen LogP contribution in [0.2, 0.25) is 0 Å². The van der Waals surface area contributed by atoms with E-state index in [4.69, 9.17) is 18.9 Å². The predicted octanol–water partition coefficient (Wildman–Crippen LogP) is 0.271. The Kier molecular flexibility index (Phi) is 14.7. The molecule has 4 bridgehead atoms. The average Bonchev–Trinajstić information content (AvgIpc) is 3.99. The summed E-state index contributed by atoms with van der Waals surface area (Å²) in [4.78, 5) is 106. The predicted molar refractivity (Wildman–Crippen MR) is 201 cm³/mol. The zero-order valence-electron chi connectivity index (χ0n) is 30.0. The van der Waals surface area contributed by atoms with Gasteiger partial charge in [-0.05, 0) is 36.5 Å². The zero-order chi connectivity index (χ0) is 39.1. The van der Waals surface area contributed by atoms with Crippen LogP contribution in [0.1, 0.15) is 12.8 Å². The van der Waals surface area contributed by atoms with Gasteiger partial charge in [-0.1, -0.05) is 67.5 Å². The average molecular weight is 829 g/mol. The van der Waals surface area contributed by atoms with E-state index in [1.807, 2.05) is 24.3 Å². The van der Waals surface area contributed by atoms with E-state index in [-0.39, 0.29) is 46.7 Å². The third kappa shape index (κ3) is 9.35. The summed E-state index contributed by atoms with van der Waals surface area (Å²) < 4.78 is 19.8. The number of esters is 4. The van der Waals surface area contributed by atoms with Gasteiger partial charge in [0.2, 0.25) is 23.6 Å². The molecule has 1 heterocycles. The Bertz CT molecular complexity index is 1340. The molecule has 2 saturated carbocycles. The molecular weight excluding hydrogens is 785 g/mol. The van der Waals surface area contributed by atoms with Crippen molar-refractivity contribution in [1.82, 2.24) is 21.3 Å². The van der Waals surface area contributed by atoms with Crippen LogP contribution in [-0.4, -0.2) is 123 Å². The van der Waals surface area contributed by atoms with E-state index in [0.29, 0.717) is 12.8 Å². The summed E-state index contributed by atoms with van der Waals surface area (Å²) in [6.45, 7) is 0. The van der Waals surface area contributed by atoms with Crippen LogP contribution in [0.3, 0.4) is 0 Å². The van der Waals surface area contributed by atoms with Gasteiger partial charge in [0.15, 0.2) is 0 Å². The Labute approximate surface area is 328 Å². The molecule has 12 atom stereocenters. The summed E-state index contributed by atoms with van der Waals surface area (Å²) in [5.41, 5.74) is 0. The molecule has 0 aromatic rings. The summed E-state index contributed by atoms with van der Waals surface area (Å²) >= 11 is 0.